The van der Waals surface area contributed by atoms with Crippen molar-refractivity contribution in [2.75, 3.05) is 10.8 Å². The second-order valence-corrected chi connectivity index (χ2v) is 9.65. The summed E-state index contributed by atoms with van der Waals surface area (Å²) in [6.07, 6.45) is -1.41. The number of rotatable bonds is 3. The fourth-order valence-electron chi connectivity index (χ4n) is 2.83. The zero-order chi connectivity index (χ0) is 20.0. The van der Waals surface area contributed by atoms with Gasteiger partial charge in [0.05, 0.1) is 23.1 Å². The van der Waals surface area contributed by atoms with Crippen LogP contribution in [0.25, 0.3) is 0 Å². The molecule has 3 rings (SSSR count). The molecule has 0 aliphatic carbocycles. The lowest BCUT2D eigenvalue weighted by Gasteiger charge is -2.35. The fourth-order valence-corrected chi connectivity index (χ4v) is 4.46. The standard InChI is InChI=1S/C19H20ClNO5S/c1-19(2,3)12-4-7-14(8-5-12)27(24,25)21-11-17(18(22)23)26-16-9-6-13(20)10-15(16)21/h4-10,17H,11H2,1-3H3,(H,22,23)/p-1/t17-/m1/s1. The minimum absolute atomic E-state index is 0.0559. The summed E-state index contributed by atoms with van der Waals surface area (Å²) in [4.78, 5) is 11.4. The van der Waals surface area contributed by atoms with E-state index in [0.29, 0.717) is 5.02 Å². The topological polar surface area (TPSA) is 86.7 Å². The maximum absolute atomic E-state index is 13.2. The van der Waals surface area contributed by atoms with Gasteiger partial charge in [-0.2, -0.15) is 0 Å². The zero-order valence-electron chi connectivity index (χ0n) is 15.1. The normalized spacial score (nSPS) is 17.2. The van der Waals surface area contributed by atoms with E-state index in [1.807, 2.05) is 20.8 Å². The van der Waals surface area contributed by atoms with Crippen LogP contribution in [0.4, 0.5) is 5.69 Å². The number of carboxylic acids is 1. The van der Waals surface area contributed by atoms with Crippen LogP contribution in [0.2, 0.25) is 5.02 Å². The van der Waals surface area contributed by atoms with E-state index in [2.05, 4.69) is 0 Å². The van der Waals surface area contributed by atoms with E-state index in [1.54, 1.807) is 12.1 Å². The Bertz CT molecular complexity index is 980. The van der Waals surface area contributed by atoms with Gasteiger partial charge in [-0.05, 0) is 41.3 Å². The van der Waals surface area contributed by atoms with Crippen molar-refractivity contribution in [1.82, 2.24) is 0 Å². The number of halogens is 1. The molecule has 27 heavy (non-hydrogen) atoms. The Hall–Kier alpha value is -2.25. The molecule has 1 aliphatic heterocycles. The maximum atomic E-state index is 13.2. The molecule has 1 aliphatic rings. The predicted molar refractivity (Wildman–Crippen MR) is 101 cm³/mol. The van der Waals surface area contributed by atoms with E-state index < -0.39 is 28.6 Å². The molecule has 0 fully saturated rings. The molecule has 0 N–H and O–H groups in total. The van der Waals surface area contributed by atoms with Crippen LogP contribution < -0.4 is 14.1 Å². The average molecular weight is 409 g/mol. The van der Waals surface area contributed by atoms with E-state index in [1.165, 1.54) is 30.3 Å². The average Bonchev–Trinajstić information content (AvgIpc) is 2.60. The summed E-state index contributed by atoms with van der Waals surface area (Å²) in [6.45, 7) is 5.68. The Kier molecular flexibility index (Phi) is 4.86. The largest absolute Gasteiger partial charge is 0.546 e. The second-order valence-electron chi connectivity index (χ2n) is 7.35. The Labute approximate surface area is 163 Å². The van der Waals surface area contributed by atoms with Gasteiger partial charge in [-0.3, -0.25) is 4.31 Å². The second kappa shape index (κ2) is 6.73. The van der Waals surface area contributed by atoms with Gasteiger partial charge in [0.25, 0.3) is 10.0 Å². The van der Waals surface area contributed by atoms with Crippen molar-refractivity contribution in [2.24, 2.45) is 0 Å². The van der Waals surface area contributed by atoms with Crippen LogP contribution in [-0.4, -0.2) is 27.0 Å². The highest BCUT2D eigenvalue weighted by molar-refractivity contribution is 7.92. The molecule has 0 amide bonds. The van der Waals surface area contributed by atoms with Crippen LogP contribution in [0, 0.1) is 0 Å². The lowest BCUT2D eigenvalue weighted by molar-refractivity contribution is -0.313. The maximum Gasteiger partial charge on any atom is 0.264 e. The molecule has 2 aromatic carbocycles. The van der Waals surface area contributed by atoms with Crippen LogP contribution >= 0.6 is 11.6 Å². The molecule has 0 spiro atoms. The van der Waals surface area contributed by atoms with Crippen molar-refractivity contribution in [3.63, 3.8) is 0 Å². The SMILES string of the molecule is CC(C)(C)c1ccc(S(=O)(=O)N2C[C@H](C(=O)[O-])Oc3ccc(Cl)cc32)cc1. The van der Waals surface area contributed by atoms with Crippen LogP contribution in [0.15, 0.2) is 47.4 Å². The van der Waals surface area contributed by atoms with Gasteiger partial charge in [-0.1, -0.05) is 44.5 Å². The smallest absolute Gasteiger partial charge is 0.264 e. The highest BCUT2D eigenvalue weighted by Gasteiger charge is 2.35. The molecular formula is C19H19ClNO5S-. The fraction of sp³-hybridized carbons (Fsp3) is 0.316. The number of nitrogens with zero attached hydrogens (tertiary/aromatic N) is 1. The van der Waals surface area contributed by atoms with Gasteiger partial charge >= 0.3 is 0 Å². The lowest BCUT2D eigenvalue weighted by atomic mass is 9.87. The first-order valence-electron chi connectivity index (χ1n) is 8.30. The van der Waals surface area contributed by atoms with Gasteiger partial charge in [0.1, 0.15) is 5.75 Å². The van der Waals surface area contributed by atoms with Crippen molar-refractivity contribution < 1.29 is 23.1 Å². The molecule has 8 heteroatoms. The van der Waals surface area contributed by atoms with Gasteiger partial charge in [0.2, 0.25) is 0 Å². The summed E-state index contributed by atoms with van der Waals surface area (Å²) in [5, 5.41) is 11.6. The van der Waals surface area contributed by atoms with Crippen molar-refractivity contribution in [3.8, 4) is 5.75 Å². The first-order chi connectivity index (χ1) is 12.5. The zero-order valence-corrected chi connectivity index (χ0v) is 16.7. The monoisotopic (exact) mass is 408 g/mol. The van der Waals surface area contributed by atoms with Crippen LogP contribution in [-0.2, 0) is 20.2 Å². The molecule has 0 saturated heterocycles. The highest BCUT2D eigenvalue weighted by atomic mass is 35.5. The number of fused-ring (bicyclic) bond motifs is 1. The molecule has 0 radical (unpaired) electrons. The molecular weight excluding hydrogens is 390 g/mol. The van der Waals surface area contributed by atoms with Crippen molar-refractivity contribution >= 4 is 33.3 Å². The third-order valence-corrected chi connectivity index (χ3v) is 6.39. The van der Waals surface area contributed by atoms with Crippen molar-refractivity contribution in [2.45, 2.75) is 37.2 Å². The van der Waals surface area contributed by atoms with E-state index in [4.69, 9.17) is 16.3 Å². The molecule has 1 heterocycles. The minimum Gasteiger partial charge on any atom is -0.546 e. The Morgan fingerprint density at radius 1 is 1.19 bits per heavy atom. The molecule has 0 bridgehead atoms. The lowest BCUT2D eigenvalue weighted by Crippen LogP contribution is -2.51. The summed E-state index contributed by atoms with van der Waals surface area (Å²) < 4.78 is 32.8. The van der Waals surface area contributed by atoms with Gasteiger partial charge < -0.3 is 14.6 Å². The van der Waals surface area contributed by atoms with E-state index in [9.17, 15) is 18.3 Å². The quantitative estimate of drug-likeness (QED) is 0.778. The number of hydrogen-bond acceptors (Lipinski definition) is 5. The molecule has 1 atom stereocenters. The van der Waals surface area contributed by atoms with E-state index in [-0.39, 0.29) is 21.7 Å². The van der Waals surface area contributed by atoms with Crippen LogP contribution in [0.1, 0.15) is 26.3 Å². The van der Waals surface area contributed by atoms with E-state index >= 15 is 0 Å². The predicted octanol–water partition coefficient (Wildman–Crippen LogP) is 2.34. The summed E-state index contributed by atoms with van der Waals surface area (Å²) in [6, 6.07) is 10.9. The first kappa shape index (κ1) is 19.5. The minimum atomic E-state index is -4.02. The third-order valence-electron chi connectivity index (χ3n) is 4.36. The molecule has 6 nitrogen and oxygen atoms in total. The van der Waals surface area contributed by atoms with Crippen LogP contribution in [0.3, 0.4) is 0 Å². The van der Waals surface area contributed by atoms with Gasteiger partial charge in [-0.15, -0.1) is 0 Å². The van der Waals surface area contributed by atoms with Crippen LogP contribution in [0.5, 0.6) is 5.75 Å². The number of aliphatic carboxylic acids is 1. The first-order valence-corrected chi connectivity index (χ1v) is 10.1. The van der Waals surface area contributed by atoms with Crippen molar-refractivity contribution in [3.05, 3.63) is 53.1 Å². The number of benzene rings is 2. The van der Waals surface area contributed by atoms with Gasteiger partial charge in [0, 0.05) is 5.02 Å². The number of carbonyl (C=O) groups is 1. The number of carbonyl (C=O) groups excluding carboxylic acids is 1. The summed E-state index contributed by atoms with van der Waals surface area (Å²) >= 11 is 6.00. The molecule has 144 valence electrons. The summed E-state index contributed by atoms with van der Waals surface area (Å²) in [7, 11) is -4.02. The molecule has 0 aromatic heterocycles. The molecule has 0 saturated carbocycles. The van der Waals surface area contributed by atoms with Gasteiger partial charge in [-0.25, -0.2) is 8.42 Å². The number of ether oxygens (including phenoxy) is 1. The van der Waals surface area contributed by atoms with E-state index in [0.717, 1.165) is 9.87 Å². The summed E-state index contributed by atoms with van der Waals surface area (Å²) in [5.74, 6) is -1.37. The van der Waals surface area contributed by atoms with Gasteiger partial charge in [0.15, 0.2) is 6.10 Å². The molecule has 0 unspecified atom stereocenters. The number of sulfonamides is 1. The highest BCUT2D eigenvalue weighted by Crippen LogP contribution is 2.39. The van der Waals surface area contributed by atoms with Crippen molar-refractivity contribution in [1.29, 1.82) is 0 Å². The third kappa shape index (κ3) is 3.75. The molecule has 2 aromatic rings. The summed E-state index contributed by atoms with van der Waals surface area (Å²) in [5.41, 5.74) is 1.06. The number of anilines is 1. The Morgan fingerprint density at radius 2 is 1.81 bits per heavy atom. The Balaban J connectivity index is 2.07. The number of carboxylic acid groups (broad SMARTS) is 1. The Morgan fingerprint density at radius 3 is 2.37 bits per heavy atom. The number of hydrogen-bond donors (Lipinski definition) is 0.